The van der Waals surface area contributed by atoms with Crippen LogP contribution in [0.2, 0.25) is 5.02 Å². The SMILES string of the molecule is O=C(c1cccs1)N(Cc1cccc(Cl)c1)Cc1ccco1. The van der Waals surface area contributed by atoms with E-state index < -0.39 is 0 Å². The van der Waals surface area contributed by atoms with E-state index in [-0.39, 0.29) is 5.91 Å². The van der Waals surface area contributed by atoms with Crippen molar-refractivity contribution in [3.63, 3.8) is 0 Å². The number of furan rings is 1. The van der Waals surface area contributed by atoms with Crippen LogP contribution < -0.4 is 0 Å². The number of rotatable bonds is 5. The lowest BCUT2D eigenvalue weighted by atomic mass is 10.2. The zero-order valence-electron chi connectivity index (χ0n) is 11.7. The van der Waals surface area contributed by atoms with Crippen LogP contribution in [0, 0.1) is 0 Å². The molecule has 3 aromatic rings. The molecule has 5 heteroatoms. The van der Waals surface area contributed by atoms with Crippen molar-refractivity contribution < 1.29 is 9.21 Å². The summed E-state index contributed by atoms with van der Waals surface area (Å²) in [6, 6.07) is 14.9. The summed E-state index contributed by atoms with van der Waals surface area (Å²) in [4.78, 5) is 15.2. The highest BCUT2D eigenvalue weighted by atomic mass is 35.5. The van der Waals surface area contributed by atoms with Gasteiger partial charge in [-0.1, -0.05) is 29.8 Å². The number of carbonyl (C=O) groups excluding carboxylic acids is 1. The molecule has 2 heterocycles. The van der Waals surface area contributed by atoms with Gasteiger partial charge in [0.1, 0.15) is 5.76 Å². The van der Waals surface area contributed by atoms with Crippen LogP contribution in [-0.2, 0) is 13.1 Å². The molecule has 112 valence electrons. The van der Waals surface area contributed by atoms with Crippen LogP contribution in [0.5, 0.6) is 0 Å². The maximum Gasteiger partial charge on any atom is 0.264 e. The molecular weight excluding hydrogens is 318 g/mol. The van der Waals surface area contributed by atoms with Gasteiger partial charge in [-0.3, -0.25) is 4.79 Å². The fraction of sp³-hybridized carbons (Fsp3) is 0.118. The van der Waals surface area contributed by atoms with E-state index in [9.17, 15) is 4.79 Å². The Morgan fingerprint density at radius 3 is 2.73 bits per heavy atom. The smallest absolute Gasteiger partial charge is 0.264 e. The molecule has 22 heavy (non-hydrogen) atoms. The van der Waals surface area contributed by atoms with Crippen LogP contribution in [-0.4, -0.2) is 10.8 Å². The molecule has 0 atom stereocenters. The summed E-state index contributed by atoms with van der Waals surface area (Å²) in [5, 5.41) is 2.57. The van der Waals surface area contributed by atoms with Crippen LogP contribution in [0.4, 0.5) is 0 Å². The fourth-order valence-electron chi connectivity index (χ4n) is 2.20. The van der Waals surface area contributed by atoms with Gasteiger partial charge in [0.05, 0.1) is 17.7 Å². The number of amides is 1. The molecule has 0 unspecified atom stereocenters. The van der Waals surface area contributed by atoms with Crippen molar-refractivity contribution in [2.75, 3.05) is 0 Å². The second-order valence-corrected chi connectivity index (χ2v) is 6.23. The Hall–Kier alpha value is -2.04. The van der Waals surface area contributed by atoms with Gasteiger partial charge in [-0.05, 0) is 41.3 Å². The van der Waals surface area contributed by atoms with E-state index in [0.29, 0.717) is 23.0 Å². The third-order valence-corrected chi connectivity index (χ3v) is 4.30. The number of hydrogen-bond acceptors (Lipinski definition) is 3. The quantitative estimate of drug-likeness (QED) is 0.670. The van der Waals surface area contributed by atoms with Gasteiger partial charge >= 0.3 is 0 Å². The van der Waals surface area contributed by atoms with Gasteiger partial charge in [-0.15, -0.1) is 11.3 Å². The van der Waals surface area contributed by atoms with Crippen LogP contribution in [0.3, 0.4) is 0 Å². The first-order chi connectivity index (χ1) is 10.7. The first-order valence-corrected chi connectivity index (χ1v) is 8.08. The lowest BCUT2D eigenvalue weighted by Crippen LogP contribution is -2.29. The minimum Gasteiger partial charge on any atom is -0.467 e. The molecule has 0 aliphatic carbocycles. The number of benzene rings is 1. The Balaban J connectivity index is 1.83. The molecule has 2 aromatic heterocycles. The van der Waals surface area contributed by atoms with Gasteiger partial charge in [0.2, 0.25) is 0 Å². The van der Waals surface area contributed by atoms with E-state index in [4.69, 9.17) is 16.0 Å². The first kappa shape index (κ1) is 14.9. The Morgan fingerprint density at radius 2 is 2.05 bits per heavy atom. The van der Waals surface area contributed by atoms with E-state index in [0.717, 1.165) is 11.3 Å². The molecule has 3 rings (SSSR count). The molecule has 0 bridgehead atoms. The van der Waals surface area contributed by atoms with Gasteiger partial charge in [0, 0.05) is 11.6 Å². The molecule has 1 amide bonds. The van der Waals surface area contributed by atoms with Gasteiger partial charge in [0.15, 0.2) is 0 Å². The normalized spacial score (nSPS) is 10.6. The standard InChI is InChI=1S/C17H14ClNO2S/c18-14-5-1-4-13(10-14)11-19(12-15-6-2-8-21-15)17(20)16-7-3-9-22-16/h1-10H,11-12H2. The molecule has 0 spiro atoms. The Morgan fingerprint density at radius 1 is 1.14 bits per heavy atom. The van der Waals surface area contributed by atoms with Gasteiger partial charge in [-0.25, -0.2) is 0 Å². The highest BCUT2D eigenvalue weighted by Gasteiger charge is 2.18. The lowest BCUT2D eigenvalue weighted by molar-refractivity contribution is 0.0722. The average molecular weight is 332 g/mol. The van der Waals surface area contributed by atoms with Gasteiger partial charge < -0.3 is 9.32 Å². The summed E-state index contributed by atoms with van der Waals surface area (Å²) in [5.74, 6) is 0.748. The molecule has 0 radical (unpaired) electrons. The highest BCUT2D eigenvalue weighted by Crippen LogP contribution is 2.19. The number of halogens is 1. The van der Waals surface area contributed by atoms with Crippen molar-refractivity contribution >= 4 is 28.8 Å². The lowest BCUT2D eigenvalue weighted by Gasteiger charge is -2.21. The monoisotopic (exact) mass is 331 g/mol. The van der Waals surface area contributed by atoms with E-state index in [1.54, 1.807) is 11.2 Å². The molecule has 1 aromatic carbocycles. The predicted molar refractivity (Wildman–Crippen MR) is 88.1 cm³/mol. The van der Waals surface area contributed by atoms with Crippen molar-refractivity contribution in [3.8, 4) is 0 Å². The molecule has 0 saturated heterocycles. The second-order valence-electron chi connectivity index (χ2n) is 4.85. The van der Waals surface area contributed by atoms with E-state index in [1.165, 1.54) is 11.3 Å². The largest absolute Gasteiger partial charge is 0.467 e. The van der Waals surface area contributed by atoms with Crippen LogP contribution in [0.1, 0.15) is 21.0 Å². The molecule has 0 fully saturated rings. The maximum absolute atomic E-state index is 12.7. The fourth-order valence-corrected chi connectivity index (χ4v) is 3.11. The number of hydrogen-bond donors (Lipinski definition) is 0. The number of carbonyl (C=O) groups is 1. The van der Waals surface area contributed by atoms with Crippen molar-refractivity contribution in [3.05, 3.63) is 81.4 Å². The minimum atomic E-state index is -0.00799. The third kappa shape index (κ3) is 3.59. The Bertz CT molecular complexity index is 738. The van der Waals surface area contributed by atoms with Crippen LogP contribution >= 0.6 is 22.9 Å². The molecular formula is C17H14ClNO2S. The van der Waals surface area contributed by atoms with Crippen LogP contribution in [0.15, 0.2) is 64.6 Å². The summed E-state index contributed by atoms with van der Waals surface area (Å²) in [7, 11) is 0. The Kier molecular flexibility index (Phi) is 4.61. The predicted octanol–water partition coefficient (Wildman–Crippen LogP) is 4.84. The van der Waals surface area contributed by atoms with Crippen molar-refractivity contribution in [2.45, 2.75) is 13.1 Å². The zero-order valence-corrected chi connectivity index (χ0v) is 13.3. The van der Waals surface area contributed by atoms with Crippen molar-refractivity contribution in [2.24, 2.45) is 0 Å². The molecule has 0 N–H and O–H groups in total. The maximum atomic E-state index is 12.7. The Labute approximate surface area is 137 Å². The molecule has 0 saturated carbocycles. The molecule has 3 nitrogen and oxygen atoms in total. The number of nitrogens with zero attached hydrogens (tertiary/aromatic N) is 1. The first-order valence-electron chi connectivity index (χ1n) is 6.82. The van der Waals surface area contributed by atoms with Crippen LogP contribution in [0.25, 0.3) is 0 Å². The molecule has 0 aliphatic rings. The van der Waals surface area contributed by atoms with Crippen molar-refractivity contribution in [1.82, 2.24) is 4.90 Å². The second kappa shape index (κ2) is 6.81. The van der Waals surface area contributed by atoms with Gasteiger partial charge in [0.25, 0.3) is 5.91 Å². The average Bonchev–Trinajstić information content (AvgIpc) is 3.19. The van der Waals surface area contributed by atoms with E-state index in [2.05, 4.69) is 0 Å². The van der Waals surface area contributed by atoms with Gasteiger partial charge in [-0.2, -0.15) is 0 Å². The summed E-state index contributed by atoms with van der Waals surface area (Å²) >= 11 is 7.47. The zero-order chi connectivity index (χ0) is 15.4. The third-order valence-electron chi connectivity index (χ3n) is 3.21. The number of thiophene rings is 1. The molecule has 0 aliphatic heterocycles. The summed E-state index contributed by atoms with van der Waals surface area (Å²) in [6.07, 6.45) is 1.61. The highest BCUT2D eigenvalue weighted by molar-refractivity contribution is 7.12. The van der Waals surface area contributed by atoms with E-state index in [1.807, 2.05) is 53.9 Å². The van der Waals surface area contributed by atoms with E-state index >= 15 is 0 Å². The minimum absolute atomic E-state index is 0.00799. The summed E-state index contributed by atoms with van der Waals surface area (Å²) in [5.41, 5.74) is 0.990. The summed E-state index contributed by atoms with van der Waals surface area (Å²) < 4.78 is 5.38. The van der Waals surface area contributed by atoms with Crippen molar-refractivity contribution in [1.29, 1.82) is 0 Å². The topological polar surface area (TPSA) is 33.5 Å². The summed E-state index contributed by atoms with van der Waals surface area (Å²) in [6.45, 7) is 0.911.